The van der Waals surface area contributed by atoms with Crippen LogP contribution in [0.1, 0.15) is 23.3 Å². The van der Waals surface area contributed by atoms with Crippen molar-refractivity contribution in [2.45, 2.75) is 12.8 Å². The molecule has 24 heavy (non-hydrogen) atoms. The summed E-state index contributed by atoms with van der Waals surface area (Å²) in [6, 6.07) is 11.6. The zero-order chi connectivity index (χ0) is 16.5. The van der Waals surface area contributed by atoms with Gasteiger partial charge in [-0.15, -0.1) is 10.2 Å². The molecule has 1 amide bonds. The highest BCUT2D eigenvalue weighted by molar-refractivity contribution is 6.05. The summed E-state index contributed by atoms with van der Waals surface area (Å²) in [6.45, 7) is 0.756. The number of para-hydroxylation sites is 1. The minimum absolute atomic E-state index is 0.00894. The Balaban J connectivity index is 1.67. The van der Waals surface area contributed by atoms with E-state index in [2.05, 4.69) is 20.6 Å². The van der Waals surface area contributed by atoms with Gasteiger partial charge in [0, 0.05) is 31.0 Å². The lowest BCUT2D eigenvalue weighted by Gasteiger charge is -2.23. The summed E-state index contributed by atoms with van der Waals surface area (Å²) in [7, 11) is 1.86. The van der Waals surface area contributed by atoms with E-state index in [1.807, 2.05) is 59.1 Å². The van der Waals surface area contributed by atoms with Crippen LogP contribution in [0.4, 0.5) is 5.69 Å². The first-order valence-corrected chi connectivity index (χ1v) is 7.99. The molecule has 7 nitrogen and oxygen atoms in total. The van der Waals surface area contributed by atoms with Crippen molar-refractivity contribution in [2.75, 3.05) is 11.4 Å². The number of hydrogen-bond donors (Lipinski definition) is 1. The number of nitrogens with one attached hydrogen (secondary N) is 1. The van der Waals surface area contributed by atoms with Crippen LogP contribution in [0.5, 0.6) is 0 Å². The Morgan fingerprint density at radius 1 is 1.33 bits per heavy atom. The molecule has 0 radical (unpaired) electrons. The molecule has 4 rings (SSSR count). The van der Waals surface area contributed by atoms with Gasteiger partial charge in [0.25, 0.3) is 5.91 Å². The predicted octanol–water partition coefficient (Wildman–Crippen LogP) is 2.26. The smallest absolute Gasteiger partial charge is 0.274 e. The molecule has 0 unspecified atom stereocenters. The number of anilines is 1. The number of amides is 1. The van der Waals surface area contributed by atoms with E-state index in [9.17, 15) is 4.79 Å². The van der Waals surface area contributed by atoms with E-state index < -0.39 is 0 Å². The van der Waals surface area contributed by atoms with Gasteiger partial charge in [0.15, 0.2) is 0 Å². The van der Waals surface area contributed by atoms with Gasteiger partial charge in [-0.05, 0) is 42.2 Å². The molecule has 0 spiro atoms. The number of rotatable bonds is 5. The van der Waals surface area contributed by atoms with Gasteiger partial charge in [-0.3, -0.25) is 4.79 Å². The number of carbonyl (C=O) groups excluding carboxylic acids is 1. The Morgan fingerprint density at radius 2 is 2.12 bits per heavy atom. The van der Waals surface area contributed by atoms with Gasteiger partial charge >= 0.3 is 0 Å². The molecule has 3 aromatic rings. The standard InChI is InChI=1S/C17H18N6O/c1-22-11-13(16-18-20-21-19-16)9-15(22)17(24)23(10-12-7-8-12)14-5-3-2-4-6-14/h2-6,9,11-12H,7-8,10H2,1H3,(H,18,19,20,21). The number of nitrogens with zero attached hydrogens (tertiary/aromatic N) is 5. The molecule has 1 fully saturated rings. The second-order valence-corrected chi connectivity index (χ2v) is 6.16. The second kappa shape index (κ2) is 5.92. The number of benzene rings is 1. The summed E-state index contributed by atoms with van der Waals surface area (Å²) < 4.78 is 1.82. The highest BCUT2D eigenvalue weighted by Gasteiger charge is 2.29. The Morgan fingerprint density at radius 3 is 2.79 bits per heavy atom. The van der Waals surface area contributed by atoms with Crippen LogP contribution in [0.15, 0.2) is 42.6 Å². The first-order valence-electron chi connectivity index (χ1n) is 7.99. The van der Waals surface area contributed by atoms with E-state index in [-0.39, 0.29) is 5.91 Å². The zero-order valence-corrected chi connectivity index (χ0v) is 13.4. The number of aromatic nitrogens is 5. The predicted molar refractivity (Wildman–Crippen MR) is 89.4 cm³/mol. The van der Waals surface area contributed by atoms with Crippen LogP contribution in [0.25, 0.3) is 11.4 Å². The monoisotopic (exact) mass is 322 g/mol. The van der Waals surface area contributed by atoms with E-state index in [4.69, 9.17) is 0 Å². The maximum absolute atomic E-state index is 13.2. The summed E-state index contributed by atoms with van der Waals surface area (Å²) in [5.74, 6) is 1.08. The number of carbonyl (C=O) groups is 1. The molecule has 7 heteroatoms. The normalized spacial score (nSPS) is 13.9. The van der Waals surface area contributed by atoms with Crippen molar-refractivity contribution in [3.63, 3.8) is 0 Å². The van der Waals surface area contributed by atoms with Crippen LogP contribution in [-0.2, 0) is 7.05 Å². The average molecular weight is 322 g/mol. The van der Waals surface area contributed by atoms with Crippen LogP contribution >= 0.6 is 0 Å². The number of aromatic amines is 1. The van der Waals surface area contributed by atoms with Gasteiger partial charge in [-0.1, -0.05) is 18.2 Å². The molecule has 1 saturated carbocycles. The lowest BCUT2D eigenvalue weighted by atomic mass is 10.2. The van der Waals surface area contributed by atoms with Crippen LogP contribution in [0.2, 0.25) is 0 Å². The largest absolute Gasteiger partial charge is 0.346 e. The summed E-state index contributed by atoms with van der Waals surface area (Å²) >= 11 is 0. The van der Waals surface area contributed by atoms with E-state index in [0.29, 0.717) is 17.4 Å². The van der Waals surface area contributed by atoms with Crippen molar-refractivity contribution in [3.8, 4) is 11.4 Å². The lowest BCUT2D eigenvalue weighted by Crippen LogP contribution is -2.34. The van der Waals surface area contributed by atoms with Crippen molar-refractivity contribution in [1.82, 2.24) is 25.2 Å². The maximum atomic E-state index is 13.2. The average Bonchev–Trinajstić information content (AvgIpc) is 3.09. The van der Waals surface area contributed by atoms with E-state index in [1.165, 1.54) is 12.8 Å². The quantitative estimate of drug-likeness (QED) is 0.781. The molecule has 0 bridgehead atoms. The van der Waals surface area contributed by atoms with E-state index >= 15 is 0 Å². The highest BCUT2D eigenvalue weighted by atomic mass is 16.2. The van der Waals surface area contributed by atoms with Gasteiger partial charge in [-0.25, -0.2) is 0 Å². The van der Waals surface area contributed by atoms with Crippen LogP contribution in [-0.4, -0.2) is 37.6 Å². The van der Waals surface area contributed by atoms with E-state index in [1.54, 1.807) is 0 Å². The minimum Gasteiger partial charge on any atom is -0.346 e. The minimum atomic E-state index is -0.00894. The fourth-order valence-corrected chi connectivity index (χ4v) is 2.79. The summed E-state index contributed by atoms with van der Waals surface area (Å²) in [5, 5.41) is 14.0. The summed E-state index contributed by atoms with van der Waals surface area (Å²) in [5.41, 5.74) is 2.31. The summed E-state index contributed by atoms with van der Waals surface area (Å²) in [6.07, 6.45) is 4.23. The Labute approximate surface area is 139 Å². The fourth-order valence-electron chi connectivity index (χ4n) is 2.79. The van der Waals surface area contributed by atoms with Crippen LogP contribution in [0.3, 0.4) is 0 Å². The number of hydrogen-bond acceptors (Lipinski definition) is 4. The lowest BCUT2D eigenvalue weighted by molar-refractivity contribution is 0.0978. The third-order valence-corrected chi connectivity index (χ3v) is 4.28. The van der Waals surface area contributed by atoms with Crippen molar-refractivity contribution < 1.29 is 4.79 Å². The Bertz CT molecular complexity index is 835. The molecule has 0 saturated heterocycles. The topological polar surface area (TPSA) is 79.7 Å². The van der Waals surface area contributed by atoms with Crippen molar-refractivity contribution in [1.29, 1.82) is 0 Å². The van der Waals surface area contributed by atoms with E-state index in [0.717, 1.165) is 17.8 Å². The van der Waals surface area contributed by atoms with Gasteiger partial charge in [-0.2, -0.15) is 5.21 Å². The van der Waals surface area contributed by atoms with Crippen LogP contribution in [0, 0.1) is 5.92 Å². The van der Waals surface area contributed by atoms with Gasteiger partial charge in [0.2, 0.25) is 5.82 Å². The maximum Gasteiger partial charge on any atom is 0.274 e. The molecule has 2 aromatic heterocycles. The molecule has 122 valence electrons. The van der Waals surface area contributed by atoms with Crippen molar-refractivity contribution in [3.05, 3.63) is 48.3 Å². The molecule has 0 atom stereocenters. The second-order valence-electron chi connectivity index (χ2n) is 6.16. The number of H-pyrrole nitrogens is 1. The van der Waals surface area contributed by atoms with Gasteiger partial charge < -0.3 is 9.47 Å². The van der Waals surface area contributed by atoms with Crippen molar-refractivity contribution >= 4 is 11.6 Å². The third-order valence-electron chi connectivity index (χ3n) is 4.28. The molecular formula is C17H18N6O. The number of aryl methyl sites for hydroxylation is 1. The van der Waals surface area contributed by atoms with Gasteiger partial charge in [0.05, 0.1) is 0 Å². The molecule has 1 N–H and O–H groups in total. The fraction of sp³-hybridized carbons (Fsp3) is 0.294. The molecule has 1 aliphatic rings. The molecule has 1 aromatic carbocycles. The highest BCUT2D eigenvalue weighted by Crippen LogP contribution is 2.32. The SMILES string of the molecule is Cn1cc(-c2nn[nH]n2)cc1C(=O)N(CC1CC1)c1ccccc1. The first-order chi connectivity index (χ1) is 11.7. The Hall–Kier alpha value is -2.96. The third kappa shape index (κ3) is 2.80. The zero-order valence-electron chi connectivity index (χ0n) is 13.4. The molecule has 2 heterocycles. The van der Waals surface area contributed by atoms with Crippen LogP contribution < -0.4 is 4.90 Å². The Kier molecular flexibility index (Phi) is 3.60. The molecule has 0 aliphatic heterocycles. The molecular weight excluding hydrogens is 304 g/mol. The molecule has 1 aliphatic carbocycles. The first kappa shape index (κ1) is 14.6. The summed E-state index contributed by atoms with van der Waals surface area (Å²) in [4.78, 5) is 15.0. The van der Waals surface area contributed by atoms with Crippen molar-refractivity contribution in [2.24, 2.45) is 13.0 Å². The van der Waals surface area contributed by atoms with Gasteiger partial charge in [0.1, 0.15) is 5.69 Å². The number of tetrazole rings is 1.